The molecule has 6 heteroatoms. The Balaban J connectivity index is 2.52. The van der Waals surface area contributed by atoms with Gasteiger partial charge in [0.2, 0.25) is 10.0 Å². The van der Waals surface area contributed by atoms with Gasteiger partial charge in [-0.15, -0.1) is 0 Å². The molecule has 168 valence electrons. The second-order valence-electron chi connectivity index (χ2n) is 8.13. The van der Waals surface area contributed by atoms with E-state index in [0.29, 0.717) is 30.3 Å². The van der Waals surface area contributed by atoms with Crippen LogP contribution in [-0.2, 0) is 10.0 Å². The molecule has 0 aliphatic rings. The van der Waals surface area contributed by atoms with E-state index in [0.717, 1.165) is 55.7 Å². The second kappa shape index (κ2) is 12.4. The van der Waals surface area contributed by atoms with Gasteiger partial charge in [0.1, 0.15) is 0 Å². The largest absolute Gasteiger partial charge is 0.330 e. The van der Waals surface area contributed by atoms with Crippen LogP contribution in [0.2, 0.25) is 0 Å². The van der Waals surface area contributed by atoms with E-state index in [1.165, 1.54) is 0 Å². The molecule has 2 unspecified atom stereocenters. The second-order valence-corrected chi connectivity index (χ2v) is 9.99. The number of rotatable bonds is 14. The first-order valence-electron chi connectivity index (χ1n) is 11.6. The van der Waals surface area contributed by atoms with Gasteiger partial charge in [-0.1, -0.05) is 65.0 Å². The zero-order chi connectivity index (χ0) is 22.0. The minimum atomic E-state index is -3.66. The molecule has 0 radical (unpaired) electrons. The number of sulfonamides is 1. The Morgan fingerprint density at radius 1 is 1.03 bits per heavy atom. The quantitative estimate of drug-likeness (QED) is 0.407. The summed E-state index contributed by atoms with van der Waals surface area (Å²) in [6, 6.07) is 7.20. The van der Waals surface area contributed by atoms with Crippen molar-refractivity contribution in [3.63, 3.8) is 0 Å². The summed E-state index contributed by atoms with van der Waals surface area (Å²) < 4.78 is 29.8. The van der Waals surface area contributed by atoms with Crippen molar-refractivity contribution in [3.8, 4) is 0 Å². The number of nitrogens with two attached hydrogens (primary N) is 1. The normalized spacial score (nSPS) is 14.3. The van der Waals surface area contributed by atoms with Crippen molar-refractivity contribution < 1.29 is 8.42 Å². The van der Waals surface area contributed by atoms with Crippen LogP contribution in [0, 0.1) is 5.92 Å². The molecule has 0 aliphatic heterocycles. The molecule has 0 fully saturated rings. The van der Waals surface area contributed by atoms with Crippen LogP contribution in [0.15, 0.2) is 41.6 Å². The van der Waals surface area contributed by atoms with Crippen LogP contribution in [0.1, 0.15) is 72.1 Å². The molecule has 5 nitrogen and oxygen atoms in total. The van der Waals surface area contributed by atoms with Crippen molar-refractivity contribution in [2.24, 2.45) is 11.7 Å². The Morgan fingerprint density at radius 2 is 1.83 bits per heavy atom. The molecule has 0 saturated carbocycles. The smallest absolute Gasteiger partial charge is 0.243 e. The summed E-state index contributed by atoms with van der Waals surface area (Å²) in [4.78, 5) is 4.54. The van der Waals surface area contributed by atoms with Crippen LogP contribution >= 0.6 is 0 Å². The topological polar surface area (TPSA) is 76.3 Å². The molecule has 0 spiro atoms. The Morgan fingerprint density at radius 3 is 2.50 bits per heavy atom. The fraction of sp³-hybridized carbons (Fsp3) is 0.625. The van der Waals surface area contributed by atoms with Gasteiger partial charge in [0.15, 0.2) is 0 Å². The fourth-order valence-corrected chi connectivity index (χ4v) is 6.40. The van der Waals surface area contributed by atoms with Crippen LogP contribution < -0.4 is 5.73 Å². The van der Waals surface area contributed by atoms with Gasteiger partial charge in [-0.05, 0) is 43.9 Å². The molecule has 2 N–H and O–H groups in total. The number of hydrogen-bond donors (Lipinski definition) is 1. The number of aromatic nitrogens is 1. The van der Waals surface area contributed by atoms with E-state index in [1.807, 2.05) is 12.1 Å². The van der Waals surface area contributed by atoms with E-state index in [1.54, 1.807) is 28.8 Å². The lowest BCUT2D eigenvalue weighted by atomic mass is 9.90. The third kappa shape index (κ3) is 6.02. The molecule has 2 rings (SSSR count). The predicted octanol–water partition coefficient (Wildman–Crippen LogP) is 5.35. The van der Waals surface area contributed by atoms with Crippen LogP contribution in [-0.4, -0.2) is 36.8 Å². The Labute approximate surface area is 183 Å². The van der Waals surface area contributed by atoms with Crippen LogP contribution in [0.25, 0.3) is 10.8 Å². The molecule has 1 aromatic heterocycles. The van der Waals surface area contributed by atoms with E-state index < -0.39 is 10.0 Å². The van der Waals surface area contributed by atoms with Crippen molar-refractivity contribution in [1.82, 2.24) is 9.29 Å². The maximum absolute atomic E-state index is 14.0. The maximum atomic E-state index is 14.0. The van der Waals surface area contributed by atoms with E-state index >= 15 is 0 Å². The Kier molecular flexibility index (Phi) is 10.2. The number of fused-ring (bicyclic) bond motifs is 1. The highest BCUT2D eigenvalue weighted by Crippen LogP contribution is 2.31. The van der Waals surface area contributed by atoms with Gasteiger partial charge >= 0.3 is 0 Å². The number of hydrogen-bond acceptors (Lipinski definition) is 4. The number of unbranched alkanes of at least 4 members (excludes halogenated alkanes) is 3. The lowest BCUT2D eigenvalue weighted by Gasteiger charge is -2.36. The molecule has 0 saturated heterocycles. The van der Waals surface area contributed by atoms with Gasteiger partial charge in [-0.25, -0.2) is 8.42 Å². The number of pyridine rings is 1. The SMILES string of the molecule is CCCCCCN(C(CCN)C(CC)CCC)S(=O)(=O)c1cccc2cnccc12. The first-order valence-corrected chi connectivity index (χ1v) is 13.0. The molecule has 30 heavy (non-hydrogen) atoms. The van der Waals surface area contributed by atoms with Gasteiger partial charge in [0, 0.05) is 35.8 Å². The molecule has 1 aromatic carbocycles. The summed E-state index contributed by atoms with van der Waals surface area (Å²) in [6.45, 7) is 7.54. The lowest BCUT2D eigenvalue weighted by molar-refractivity contribution is 0.206. The summed E-state index contributed by atoms with van der Waals surface area (Å²) in [5.41, 5.74) is 5.97. The highest BCUT2D eigenvalue weighted by atomic mass is 32.2. The third-order valence-corrected chi connectivity index (χ3v) is 8.00. The highest BCUT2D eigenvalue weighted by molar-refractivity contribution is 7.89. The number of nitrogens with zero attached hydrogens (tertiary/aromatic N) is 2. The minimum absolute atomic E-state index is 0.0660. The zero-order valence-electron chi connectivity index (χ0n) is 18.9. The van der Waals surface area contributed by atoms with Crippen LogP contribution in [0.4, 0.5) is 0 Å². The Bertz CT molecular complexity index is 864. The van der Waals surface area contributed by atoms with Crippen molar-refractivity contribution >= 4 is 20.8 Å². The molecule has 0 bridgehead atoms. The molecule has 1 heterocycles. The highest BCUT2D eigenvalue weighted by Gasteiger charge is 2.35. The van der Waals surface area contributed by atoms with E-state index in [-0.39, 0.29) is 6.04 Å². The third-order valence-electron chi connectivity index (χ3n) is 6.02. The van der Waals surface area contributed by atoms with Crippen molar-refractivity contribution in [3.05, 3.63) is 36.7 Å². The summed E-state index contributed by atoms with van der Waals surface area (Å²) in [7, 11) is -3.66. The first kappa shape index (κ1) is 24.8. The monoisotopic (exact) mass is 433 g/mol. The van der Waals surface area contributed by atoms with E-state index in [2.05, 4.69) is 25.8 Å². The number of benzene rings is 1. The molecule has 2 aromatic rings. The zero-order valence-corrected chi connectivity index (χ0v) is 19.7. The summed E-state index contributed by atoms with van der Waals surface area (Å²) in [5.74, 6) is 0.316. The van der Waals surface area contributed by atoms with Gasteiger partial charge in [0.25, 0.3) is 0 Å². The molecular formula is C24H39N3O2S. The summed E-state index contributed by atoms with van der Waals surface area (Å²) in [6.07, 6.45) is 11.3. The first-order chi connectivity index (χ1) is 14.5. The average molecular weight is 434 g/mol. The van der Waals surface area contributed by atoms with Gasteiger partial charge in [0.05, 0.1) is 4.90 Å². The molecule has 0 aliphatic carbocycles. The van der Waals surface area contributed by atoms with Gasteiger partial charge < -0.3 is 5.73 Å². The van der Waals surface area contributed by atoms with Gasteiger partial charge in [-0.2, -0.15) is 4.31 Å². The fourth-order valence-electron chi connectivity index (χ4n) is 4.43. The summed E-state index contributed by atoms with van der Waals surface area (Å²) in [5, 5.41) is 1.58. The van der Waals surface area contributed by atoms with Crippen molar-refractivity contribution in [2.75, 3.05) is 13.1 Å². The van der Waals surface area contributed by atoms with Crippen molar-refractivity contribution in [1.29, 1.82) is 0 Å². The molecular weight excluding hydrogens is 394 g/mol. The van der Waals surface area contributed by atoms with Crippen LogP contribution in [0.3, 0.4) is 0 Å². The van der Waals surface area contributed by atoms with E-state index in [4.69, 9.17) is 5.73 Å². The predicted molar refractivity (Wildman–Crippen MR) is 126 cm³/mol. The van der Waals surface area contributed by atoms with Crippen LogP contribution in [0.5, 0.6) is 0 Å². The van der Waals surface area contributed by atoms with E-state index in [9.17, 15) is 8.42 Å². The summed E-state index contributed by atoms with van der Waals surface area (Å²) >= 11 is 0. The van der Waals surface area contributed by atoms with Crippen molar-refractivity contribution in [2.45, 2.75) is 83.1 Å². The maximum Gasteiger partial charge on any atom is 0.243 e. The standard InChI is InChI=1S/C24H39N3O2S/c1-4-7-8-9-18-27(23(14-16-25)20(6-3)11-5-2)30(28,29)24-13-10-12-21-19-26-17-15-22(21)24/h10,12-13,15,17,19-20,23H,4-9,11,14,16,18,25H2,1-3H3. The molecule has 2 atom stereocenters. The molecule has 0 amide bonds. The minimum Gasteiger partial charge on any atom is -0.330 e. The Hall–Kier alpha value is -1.50. The van der Waals surface area contributed by atoms with Gasteiger partial charge in [-0.3, -0.25) is 4.98 Å². The lowest BCUT2D eigenvalue weighted by Crippen LogP contribution is -2.46. The average Bonchev–Trinajstić information content (AvgIpc) is 2.76.